The number of fused-ring (bicyclic) bond motifs is 2. The minimum atomic E-state index is -3.41. The van der Waals surface area contributed by atoms with Crippen LogP contribution in [0, 0.1) is 0 Å². The summed E-state index contributed by atoms with van der Waals surface area (Å²) in [5.41, 5.74) is 4.13. The molecule has 2 saturated heterocycles. The van der Waals surface area contributed by atoms with Crippen molar-refractivity contribution >= 4 is 55.7 Å². The molecule has 0 unspecified atom stereocenters. The number of pyridine rings is 1. The second kappa shape index (κ2) is 11.3. The monoisotopic (exact) mass is 602 g/mol. The number of aromatic amines is 1. The molecule has 6 heterocycles. The van der Waals surface area contributed by atoms with E-state index in [9.17, 15) is 8.42 Å². The lowest BCUT2D eigenvalue weighted by Crippen LogP contribution is -2.52. The number of anilines is 6. The van der Waals surface area contributed by atoms with Gasteiger partial charge in [0.05, 0.1) is 34.9 Å². The molecule has 12 nitrogen and oxygen atoms in total. The summed E-state index contributed by atoms with van der Waals surface area (Å²) in [6, 6.07) is 12.4. The Morgan fingerprint density at radius 2 is 1.74 bits per heavy atom. The van der Waals surface area contributed by atoms with Gasteiger partial charge >= 0.3 is 0 Å². The minimum Gasteiger partial charge on any atom is -0.370 e. The number of piperidine rings is 1. The molecule has 3 aromatic heterocycles. The van der Waals surface area contributed by atoms with Crippen LogP contribution in [0.15, 0.2) is 48.8 Å². The highest BCUT2D eigenvalue weighted by Gasteiger charge is 2.29. The van der Waals surface area contributed by atoms with Crippen LogP contribution < -0.4 is 19.8 Å². The van der Waals surface area contributed by atoms with Crippen molar-refractivity contribution in [2.45, 2.75) is 25.3 Å². The highest BCUT2D eigenvalue weighted by molar-refractivity contribution is 7.92. The Kier molecular flexibility index (Phi) is 7.31. The van der Waals surface area contributed by atoms with Crippen molar-refractivity contribution in [3.8, 4) is 0 Å². The third-order valence-electron chi connectivity index (χ3n) is 8.89. The van der Waals surface area contributed by atoms with Crippen molar-refractivity contribution in [3.05, 3.63) is 54.4 Å². The van der Waals surface area contributed by atoms with Gasteiger partial charge in [0.25, 0.3) is 0 Å². The van der Waals surface area contributed by atoms with Crippen molar-refractivity contribution in [2.24, 2.45) is 0 Å². The summed E-state index contributed by atoms with van der Waals surface area (Å²) in [5, 5.41) is 7.45. The van der Waals surface area contributed by atoms with Crippen LogP contribution >= 0.6 is 0 Å². The van der Waals surface area contributed by atoms with Crippen LogP contribution in [0.5, 0.6) is 0 Å². The van der Waals surface area contributed by atoms with E-state index in [0.29, 0.717) is 53.6 Å². The van der Waals surface area contributed by atoms with Crippen molar-refractivity contribution in [3.63, 3.8) is 0 Å². The van der Waals surface area contributed by atoms with E-state index in [-0.39, 0.29) is 0 Å². The van der Waals surface area contributed by atoms with E-state index in [1.165, 1.54) is 36.5 Å². The molecule has 0 bridgehead atoms. The maximum Gasteiger partial charge on any atom is 0.232 e. The average Bonchev–Trinajstić information content (AvgIpc) is 3.67. The molecule has 13 heteroatoms. The molecular weight excluding hydrogens is 564 g/mol. The van der Waals surface area contributed by atoms with Gasteiger partial charge in [0, 0.05) is 58.1 Å². The molecule has 43 heavy (non-hydrogen) atoms. The molecule has 226 valence electrons. The number of hydrogen-bond acceptors (Lipinski definition) is 10. The first kappa shape index (κ1) is 27.9. The standard InChI is InChI=1S/C30H38N10O2S/c1-37-16-18-39(19-17-37)22-10-13-38(14-11-22)23-6-7-26(32-20-23)34-30-35-28-24(8-12-31-28)29(36-30)33-25-5-3-4-21-9-15-40(27(21)25)43(2,41)42/h3-8,12,20,22H,9-11,13-19H2,1-2H3,(H3,31,32,33,34,35,36). The van der Waals surface area contributed by atoms with Crippen molar-refractivity contribution in [2.75, 3.05) is 79.0 Å². The summed E-state index contributed by atoms with van der Waals surface area (Å²) in [7, 11) is -1.20. The Hall–Kier alpha value is -3.94. The lowest BCUT2D eigenvalue weighted by atomic mass is 10.0. The number of nitrogens with zero attached hydrogens (tertiary/aromatic N) is 7. The fourth-order valence-corrected chi connectivity index (χ4v) is 7.48. The van der Waals surface area contributed by atoms with E-state index in [0.717, 1.165) is 42.8 Å². The lowest BCUT2D eigenvalue weighted by Gasteiger charge is -2.42. The Morgan fingerprint density at radius 1 is 0.930 bits per heavy atom. The van der Waals surface area contributed by atoms with Gasteiger partial charge in [-0.05, 0) is 56.1 Å². The molecule has 3 aliphatic heterocycles. The minimum absolute atomic E-state index is 0.387. The van der Waals surface area contributed by atoms with Crippen molar-refractivity contribution in [1.29, 1.82) is 0 Å². The molecule has 3 N–H and O–H groups in total. The average molecular weight is 603 g/mol. The van der Waals surface area contributed by atoms with E-state index < -0.39 is 10.0 Å². The number of H-pyrrole nitrogens is 1. The first-order valence-electron chi connectivity index (χ1n) is 14.9. The number of nitrogens with one attached hydrogen (secondary N) is 3. The van der Waals surface area contributed by atoms with Gasteiger partial charge in [0.15, 0.2) is 0 Å². The van der Waals surface area contributed by atoms with Crippen molar-refractivity contribution in [1.82, 2.24) is 29.7 Å². The number of hydrogen-bond donors (Lipinski definition) is 3. The molecule has 0 atom stereocenters. The number of sulfonamides is 1. The Balaban J connectivity index is 1.06. The van der Waals surface area contributed by atoms with E-state index in [2.05, 4.69) is 53.4 Å². The largest absolute Gasteiger partial charge is 0.370 e. The molecule has 0 radical (unpaired) electrons. The number of aromatic nitrogens is 4. The van der Waals surface area contributed by atoms with E-state index in [4.69, 9.17) is 4.98 Å². The van der Waals surface area contributed by atoms with Crippen LogP contribution in [0.4, 0.5) is 34.6 Å². The topological polar surface area (TPSA) is 126 Å². The fourth-order valence-electron chi connectivity index (χ4n) is 6.51. The number of rotatable bonds is 7. The Labute approximate surface area is 252 Å². The number of piperazine rings is 1. The van der Waals surface area contributed by atoms with E-state index >= 15 is 0 Å². The predicted octanol–water partition coefficient (Wildman–Crippen LogP) is 3.38. The fraction of sp³-hybridized carbons (Fsp3) is 0.433. The molecule has 1 aromatic carbocycles. The number of likely N-dealkylation sites (N-methyl/N-ethyl adjacent to an activating group) is 1. The van der Waals surface area contributed by atoms with Gasteiger partial charge in [-0.15, -0.1) is 0 Å². The molecule has 0 saturated carbocycles. The molecule has 2 fully saturated rings. The second-order valence-corrected chi connectivity index (χ2v) is 13.7. The van der Waals surface area contributed by atoms with Gasteiger partial charge in [0.1, 0.15) is 17.3 Å². The third-order valence-corrected chi connectivity index (χ3v) is 10.1. The summed E-state index contributed by atoms with van der Waals surface area (Å²) in [5.74, 6) is 1.61. The zero-order valence-electron chi connectivity index (χ0n) is 24.6. The lowest BCUT2D eigenvalue weighted by molar-refractivity contribution is 0.0982. The Morgan fingerprint density at radius 3 is 2.49 bits per heavy atom. The molecular formula is C30H38N10O2S. The summed E-state index contributed by atoms with van der Waals surface area (Å²) in [6.07, 6.45) is 7.99. The Bertz CT molecular complexity index is 1710. The highest BCUT2D eigenvalue weighted by atomic mass is 32.2. The van der Waals surface area contributed by atoms with Gasteiger partial charge < -0.3 is 25.4 Å². The van der Waals surface area contributed by atoms with Gasteiger partial charge in [0.2, 0.25) is 16.0 Å². The smallest absolute Gasteiger partial charge is 0.232 e. The van der Waals surface area contributed by atoms with Crippen LogP contribution in [0.2, 0.25) is 0 Å². The van der Waals surface area contributed by atoms with E-state index in [1.807, 2.05) is 42.7 Å². The van der Waals surface area contributed by atoms with Crippen LogP contribution in [0.25, 0.3) is 11.0 Å². The maximum absolute atomic E-state index is 12.5. The maximum atomic E-state index is 12.5. The molecule has 0 aliphatic carbocycles. The first-order valence-corrected chi connectivity index (χ1v) is 16.8. The van der Waals surface area contributed by atoms with Crippen LogP contribution in [0.3, 0.4) is 0 Å². The van der Waals surface area contributed by atoms with Crippen LogP contribution in [-0.2, 0) is 16.4 Å². The summed E-state index contributed by atoms with van der Waals surface area (Å²) in [6.45, 7) is 7.16. The van der Waals surface area contributed by atoms with Crippen LogP contribution in [-0.4, -0.2) is 103 Å². The molecule has 4 aromatic rings. The molecule has 0 amide bonds. The number of benzene rings is 1. The molecule has 7 rings (SSSR count). The first-order chi connectivity index (χ1) is 20.8. The zero-order valence-corrected chi connectivity index (χ0v) is 25.4. The number of para-hydroxylation sites is 1. The summed E-state index contributed by atoms with van der Waals surface area (Å²) in [4.78, 5) is 24.8. The molecule has 0 spiro atoms. The summed E-state index contributed by atoms with van der Waals surface area (Å²) >= 11 is 0. The van der Waals surface area contributed by atoms with Gasteiger partial charge in [-0.1, -0.05) is 12.1 Å². The predicted molar refractivity (Wildman–Crippen MR) is 171 cm³/mol. The van der Waals surface area contributed by atoms with Gasteiger partial charge in [-0.3, -0.25) is 9.21 Å². The SMILES string of the molecule is CN1CCN(C2CCN(c3ccc(Nc4nc(Nc5cccc6c5N(S(C)(=O)=O)CC6)c5cc[nH]c5n4)nc3)CC2)CC1. The zero-order chi connectivity index (χ0) is 29.6. The normalized spacial score (nSPS) is 18.7. The van der Waals surface area contributed by atoms with Crippen molar-refractivity contribution < 1.29 is 8.42 Å². The molecule has 3 aliphatic rings. The second-order valence-electron chi connectivity index (χ2n) is 11.7. The highest BCUT2D eigenvalue weighted by Crippen LogP contribution is 2.39. The van der Waals surface area contributed by atoms with Gasteiger partial charge in [-0.25, -0.2) is 13.4 Å². The third kappa shape index (κ3) is 5.71. The van der Waals surface area contributed by atoms with E-state index in [1.54, 1.807) is 0 Å². The quantitative estimate of drug-likeness (QED) is 0.290. The summed E-state index contributed by atoms with van der Waals surface area (Å²) < 4.78 is 26.4. The van der Waals surface area contributed by atoms with Gasteiger partial charge in [-0.2, -0.15) is 9.97 Å². The van der Waals surface area contributed by atoms with Crippen LogP contribution in [0.1, 0.15) is 18.4 Å².